The molecular weight excluding hydrogens is 390 g/mol. The van der Waals surface area contributed by atoms with Gasteiger partial charge >= 0.3 is 5.97 Å². The Kier molecular flexibility index (Phi) is 6.21. The Labute approximate surface area is 172 Å². The highest BCUT2D eigenvalue weighted by Crippen LogP contribution is 2.29. The van der Waals surface area contributed by atoms with E-state index in [9.17, 15) is 14.4 Å². The third-order valence-electron chi connectivity index (χ3n) is 4.34. The van der Waals surface area contributed by atoms with Crippen molar-refractivity contribution in [1.82, 2.24) is 9.97 Å². The number of benzene rings is 2. The third kappa shape index (κ3) is 4.19. The number of ketones is 1. The van der Waals surface area contributed by atoms with E-state index in [1.807, 2.05) is 0 Å². The van der Waals surface area contributed by atoms with E-state index in [1.165, 1.54) is 26.5 Å². The van der Waals surface area contributed by atoms with E-state index in [1.54, 1.807) is 36.4 Å². The molecule has 0 fully saturated rings. The van der Waals surface area contributed by atoms with Crippen LogP contribution in [0.4, 0.5) is 5.69 Å². The molecular formula is C21H19N3O6. The lowest BCUT2D eigenvalue weighted by atomic mass is 9.99. The first kappa shape index (κ1) is 20.7. The van der Waals surface area contributed by atoms with Crippen LogP contribution in [0.2, 0.25) is 0 Å². The van der Waals surface area contributed by atoms with Crippen LogP contribution in [0.3, 0.4) is 0 Å². The summed E-state index contributed by atoms with van der Waals surface area (Å²) < 4.78 is 15.0. The van der Waals surface area contributed by atoms with Gasteiger partial charge in [-0.3, -0.25) is 19.4 Å². The fraction of sp³-hybridized carbons (Fsp3) is 0.190. The van der Waals surface area contributed by atoms with Gasteiger partial charge in [0, 0.05) is 6.07 Å². The van der Waals surface area contributed by atoms with E-state index in [0.29, 0.717) is 22.5 Å². The maximum absolute atomic E-state index is 12.9. The fourth-order valence-electron chi connectivity index (χ4n) is 2.82. The zero-order valence-electron chi connectivity index (χ0n) is 16.5. The van der Waals surface area contributed by atoms with Crippen molar-refractivity contribution in [3.05, 3.63) is 54.4 Å². The van der Waals surface area contributed by atoms with Crippen molar-refractivity contribution in [3.63, 3.8) is 0 Å². The van der Waals surface area contributed by atoms with Crippen molar-refractivity contribution in [2.45, 2.75) is 5.92 Å². The molecule has 3 aromatic rings. The maximum Gasteiger partial charge on any atom is 0.323 e. The number of anilines is 1. The number of aromatic nitrogens is 2. The van der Waals surface area contributed by atoms with Gasteiger partial charge in [0.25, 0.3) is 5.91 Å². The molecule has 1 N–H and O–H groups in total. The van der Waals surface area contributed by atoms with E-state index >= 15 is 0 Å². The summed E-state index contributed by atoms with van der Waals surface area (Å²) in [6.45, 7) is 0. The van der Waals surface area contributed by atoms with Gasteiger partial charge in [-0.25, -0.2) is 4.98 Å². The van der Waals surface area contributed by atoms with Gasteiger partial charge in [0.2, 0.25) is 5.78 Å². The van der Waals surface area contributed by atoms with Gasteiger partial charge in [-0.1, -0.05) is 12.1 Å². The molecule has 0 spiro atoms. The number of nitrogens with zero attached hydrogens (tertiary/aromatic N) is 2. The summed E-state index contributed by atoms with van der Waals surface area (Å²) in [7, 11) is 4.01. The Morgan fingerprint density at radius 1 is 0.967 bits per heavy atom. The topological polar surface area (TPSA) is 117 Å². The lowest BCUT2D eigenvalue weighted by Crippen LogP contribution is -2.34. The van der Waals surface area contributed by atoms with Crippen LogP contribution < -0.4 is 14.8 Å². The first-order valence-electron chi connectivity index (χ1n) is 8.85. The van der Waals surface area contributed by atoms with Crippen molar-refractivity contribution in [2.75, 3.05) is 26.6 Å². The van der Waals surface area contributed by atoms with E-state index in [-0.39, 0.29) is 11.4 Å². The predicted molar refractivity (Wildman–Crippen MR) is 107 cm³/mol. The van der Waals surface area contributed by atoms with Crippen molar-refractivity contribution >= 4 is 34.4 Å². The Morgan fingerprint density at radius 3 is 2.37 bits per heavy atom. The molecule has 154 valence electrons. The van der Waals surface area contributed by atoms with Gasteiger partial charge in [0.15, 0.2) is 5.92 Å². The van der Waals surface area contributed by atoms with Crippen LogP contribution in [0, 0.1) is 0 Å². The second kappa shape index (κ2) is 8.99. The van der Waals surface area contributed by atoms with Crippen molar-refractivity contribution in [1.29, 1.82) is 0 Å². The molecule has 9 heteroatoms. The quantitative estimate of drug-likeness (QED) is 0.358. The van der Waals surface area contributed by atoms with Gasteiger partial charge in [-0.15, -0.1) is 0 Å². The average molecular weight is 409 g/mol. The SMILES string of the molecule is COC(=O)[C@H](C(=O)C(=O)Nc1cc(OC)ccc1OC)c1cnc2ccccc2n1. The molecule has 0 bridgehead atoms. The van der Waals surface area contributed by atoms with E-state index in [2.05, 4.69) is 15.3 Å². The Hall–Kier alpha value is -4.01. The summed E-state index contributed by atoms with van der Waals surface area (Å²) in [5, 5.41) is 2.45. The molecule has 1 aromatic heterocycles. The highest BCUT2D eigenvalue weighted by molar-refractivity contribution is 6.45. The fourth-order valence-corrected chi connectivity index (χ4v) is 2.82. The van der Waals surface area contributed by atoms with Crippen molar-refractivity contribution in [3.8, 4) is 11.5 Å². The van der Waals surface area contributed by atoms with Crippen LogP contribution in [-0.2, 0) is 19.1 Å². The number of ether oxygens (including phenoxy) is 3. The Bertz CT molecular complexity index is 1110. The minimum atomic E-state index is -1.57. The second-order valence-corrected chi connectivity index (χ2v) is 6.12. The average Bonchev–Trinajstić information content (AvgIpc) is 2.78. The number of Topliss-reactive ketones (excluding diaryl/α,β-unsaturated/α-hetero) is 1. The summed E-state index contributed by atoms with van der Waals surface area (Å²) in [6.07, 6.45) is 1.28. The minimum absolute atomic E-state index is 0.0123. The van der Waals surface area contributed by atoms with Crippen LogP contribution in [0.15, 0.2) is 48.7 Å². The number of hydrogen-bond acceptors (Lipinski definition) is 8. The molecule has 0 aliphatic heterocycles. The standard InChI is InChI=1S/C21H19N3O6/c1-28-12-8-9-17(29-2)15(10-12)24-20(26)19(25)18(21(27)30-3)16-11-22-13-6-4-5-7-14(13)23-16/h4-11,18H,1-3H3,(H,24,26)/t18-/m0/s1. The molecule has 0 aliphatic carbocycles. The lowest BCUT2D eigenvalue weighted by molar-refractivity contribution is -0.148. The van der Waals surface area contributed by atoms with E-state index in [0.717, 1.165) is 7.11 Å². The predicted octanol–water partition coefficient (Wildman–Crippen LogP) is 2.11. The molecule has 0 saturated carbocycles. The lowest BCUT2D eigenvalue weighted by Gasteiger charge is -2.15. The number of nitrogens with one attached hydrogen (secondary N) is 1. The molecule has 2 aromatic carbocycles. The number of para-hydroxylation sites is 2. The first-order valence-corrected chi connectivity index (χ1v) is 8.85. The number of carbonyl (C=O) groups excluding carboxylic acids is 3. The Morgan fingerprint density at radius 2 is 1.70 bits per heavy atom. The maximum atomic E-state index is 12.9. The Balaban J connectivity index is 1.93. The van der Waals surface area contributed by atoms with Crippen LogP contribution in [0.25, 0.3) is 11.0 Å². The monoisotopic (exact) mass is 409 g/mol. The minimum Gasteiger partial charge on any atom is -0.497 e. The van der Waals surface area contributed by atoms with Gasteiger partial charge in [-0.05, 0) is 24.3 Å². The van der Waals surface area contributed by atoms with Gasteiger partial charge in [0.1, 0.15) is 11.5 Å². The van der Waals surface area contributed by atoms with Crippen LogP contribution in [-0.4, -0.2) is 49.0 Å². The number of carbonyl (C=O) groups is 3. The summed E-state index contributed by atoms with van der Waals surface area (Å²) >= 11 is 0. The molecule has 1 atom stereocenters. The molecule has 30 heavy (non-hydrogen) atoms. The second-order valence-electron chi connectivity index (χ2n) is 6.12. The summed E-state index contributed by atoms with van der Waals surface area (Å²) in [5.74, 6) is -3.80. The number of hydrogen-bond donors (Lipinski definition) is 1. The number of fused-ring (bicyclic) bond motifs is 1. The van der Waals surface area contributed by atoms with Crippen LogP contribution >= 0.6 is 0 Å². The molecule has 0 unspecified atom stereocenters. The molecule has 1 heterocycles. The molecule has 3 rings (SSSR count). The van der Waals surface area contributed by atoms with Crippen LogP contribution in [0.5, 0.6) is 11.5 Å². The molecule has 9 nitrogen and oxygen atoms in total. The molecule has 0 radical (unpaired) electrons. The zero-order valence-corrected chi connectivity index (χ0v) is 16.5. The zero-order chi connectivity index (χ0) is 21.7. The van der Waals surface area contributed by atoms with Crippen molar-refractivity contribution < 1.29 is 28.6 Å². The molecule has 1 amide bonds. The van der Waals surface area contributed by atoms with Crippen LogP contribution in [0.1, 0.15) is 11.6 Å². The van der Waals surface area contributed by atoms with Gasteiger partial charge in [-0.2, -0.15) is 0 Å². The summed E-state index contributed by atoms with van der Waals surface area (Å²) in [5.41, 5.74) is 1.29. The normalized spacial score (nSPS) is 11.4. The van der Waals surface area contributed by atoms with Gasteiger partial charge < -0.3 is 19.5 Å². The van der Waals surface area contributed by atoms with Gasteiger partial charge in [0.05, 0.1) is 49.9 Å². The van der Waals surface area contributed by atoms with E-state index in [4.69, 9.17) is 14.2 Å². The summed E-state index contributed by atoms with van der Waals surface area (Å²) in [4.78, 5) is 46.4. The number of esters is 1. The van der Waals surface area contributed by atoms with E-state index < -0.39 is 23.6 Å². The highest BCUT2D eigenvalue weighted by Gasteiger charge is 2.36. The van der Waals surface area contributed by atoms with Crippen molar-refractivity contribution in [2.24, 2.45) is 0 Å². The smallest absolute Gasteiger partial charge is 0.323 e. The number of rotatable bonds is 7. The third-order valence-corrected chi connectivity index (χ3v) is 4.34. The first-order chi connectivity index (χ1) is 14.5. The largest absolute Gasteiger partial charge is 0.497 e. The number of methoxy groups -OCH3 is 3. The summed E-state index contributed by atoms with van der Waals surface area (Å²) in [6, 6.07) is 11.7. The highest BCUT2D eigenvalue weighted by atomic mass is 16.5. The number of amides is 1. The molecule has 0 aliphatic rings. The molecule has 0 saturated heterocycles.